The molecule has 196 valence electrons. The zero-order valence-corrected chi connectivity index (χ0v) is 22.7. The van der Waals surface area contributed by atoms with Crippen LogP contribution < -0.4 is 10.6 Å². The molecule has 35 heavy (non-hydrogen) atoms. The summed E-state index contributed by atoms with van der Waals surface area (Å²) in [5.74, 6) is -0.920. The highest BCUT2D eigenvalue weighted by molar-refractivity contribution is 5.93. The molecule has 0 aromatic heterocycles. The fourth-order valence-corrected chi connectivity index (χ4v) is 3.60. The van der Waals surface area contributed by atoms with Crippen LogP contribution in [-0.4, -0.2) is 51.6 Å². The second-order valence-corrected chi connectivity index (χ2v) is 11.3. The Balaban J connectivity index is 3.56. The van der Waals surface area contributed by atoms with Crippen LogP contribution in [0.5, 0.6) is 5.75 Å². The van der Waals surface area contributed by atoms with E-state index in [-0.39, 0.29) is 18.2 Å². The van der Waals surface area contributed by atoms with E-state index >= 15 is 0 Å². The van der Waals surface area contributed by atoms with Crippen LogP contribution in [0.2, 0.25) is 0 Å². The molecule has 0 aliphatic rings. The van der Waals surface area contributed by atoms with Gasteiger partial charge in [-0.25, -0.2) is 4.79 Å². The smallest absolute Gasteiger partial charge is 0.408 e. The number of carbonyl (C=O) groups excluding carboxylic acids is 3. The number of aryl methyl sites for hydroxylation is 1. The van der Waals surface area contributed by atoms with E-state index in [1.165, 1.54) is 11.0 Å². The van der Waals surface area contributed by atoms with Gasteiger partial charge in [-0.3, -0.25) is 9.59 Å². The number of amides is 3. The van der Waals surface area contributed by atoms with E-state index < -0.39 is 41.1 Å². The summed E-state index contributed by atoms with van der Waals surface area (Å²) >= 11 is 0. The highest BCUT2D eigenvalue weighted by atomic mass is 16.6. The monoisotopic (exact) mass is 489 g/mol. The van der Waals surface area contributed by atoms with Gasteiger partial charge in [0.05, 0.1) is 0 Å². The molecule has 0 saturated carbocycles. The Morgan fingerprint density at radius 3 is 2.23 bits per heavy atom. The van der Waals surface area contributed by atoms with E-state index in [0.29, 0.717) is 17.5 Å². The van der Waals surface area contributed by atoms with Crippen LogP contribution in [0.4, 0.5) is 4.79 Å². The van der Waals surface area contributed by atoms with E-state index in [1.54, 1.807) is 45.9 Å². The molecule has 0 heterocycles. The van der Waals surface area contributed by atoms with Gasteiger partial charge < -0.3 is 25.4 Å². The van der Waals surface area contributed by atoms with Crippen molar-refractivity contribution >= 4 is 17.9 Å². The number of aromatic hydroxyl groups is 1. The van der Waals surface area contributed by atoms with Crippen molar-refractivity contribution in [3.05, 3.63) is 42.0 Å². The van der Waals surface area contributed by atoms with Gasteiger partial charge in [-0.1, -0.05) is 38.1 Å². The molecule has 0 fully saturated rings. The van der Waals surface area contributed by atoms with Crippen molar-refractivity contribution in [3.8, 4) is 5.75 Å². The Morgan fingerprint density at radius 1 is 1.14 bits per heavy atom. The third kappa shape index (κ3) is 9.62. The minimum Gasteiger partial charge on any atom is -0.507 e. The van der Waals surface area contributed by atoms with Gasteiger partial charge in [0.2, 0.25) is 11.8 Å². The Labute approximate surface area is 210 Å². The Morgan fingerprint density at radius 2 is 1.74 bits per heavy atom. The van der Waals surface area contributed by atoms with Crippen LogP contribution in [-0.2, 0) is 14.3 Å². The van der Waals surface area contributed by atoms with Crippen molar-refractivity contribution in [1.82, 2.24) is 15.5 Å². The van der Waals surface area contributed by atoms with Crippen LogP contribution >= 0.6 is 0 Å². The van der Waals surface area contributed by atoms with E-state index in [9.17, 15) is 19.5 Å². The quantitative estimate of drug-likeness (QED) is 0.439. The van der Waals surface area contributed by atoms with Gasteiger partial charge in [-0.05, 0) is 66.4 Å². The number of hydrogen-bond donors (Lipinski definition) is 3. The van der Waals surface area contributed by atoms with Crippen LogP contribution in [0, 0.1) is 12.8 Å². The maximum Gasteiger partial charge on any atom is 0.408 e. The molecule has 0 spiro atoms. The lowest BCUT2D eigenvalue weighted by Gasteiger charge is -2.36. The maximum atomic E-state index is 13.9. The number of benzene rings is 1. The van der Waals surface area contributed by atoms with Crippen molar-refractivity contribution < 1.29 is 24.2 Å². The Bertz CT molecular complexity index is 912. The first-order valence-electron chi connectivity index (χ1n) is 12.0. The lowest BCUT2D eigenvalue weighted by Crippen LogP contribution is -2.55. The van der Waals surface area contributed by atoms with E-state index in [2.05, 4.69) is 17.2 Å². The summed E-state index contributed by atoms with van der Waals surface area (Å²) in [5.41, 5.74) is -0.446. The standard InChI is InChI=1S/C27H43N3O5/c1-11-15-30(24(33)20(16-17(2)3)28-25(34)35-27(8,9)10)21(23(32)29-26(5,6)7)19-14-12-13-18(4)22(19)31/h11-14,17,20-21,31H,1,15-16H2,2-10H3,(H,28,34)(H,29,32). The van der Waals surface area contributed by atoms with Gasteiger partial charge in [0.1, 0.15) is 23.4 Å². The first-order valence-corrected chi connectivity index (χ1v) is 12.0. The first kappa shape index (κ1) is 30.0. The fourth-order valence-electron chi connectivity index (χ4n) is 3.60. The van der Waals surface area contributed by atoms with Crippen molar-refractivity contribution in [2.24, 2.45) is 5.92 Å². The summed E-state index contributed by atoms with van der Waals surface area (Å²) in [6.07, 6.45) is 1.13. The molecule has 1 aromatic rings. The van der Waals surface area contributed by atoms with E-state index in [4.69, 9.17) is 4.74 Å². The van der Waals surface area contributed by atoms with Gasteiger partial charge in [-0.15, -0.1) is 6.58 Å². The number of alkyl carbamates (subject to hydrolysis) is 1. The van der Waals surface area contributed by atoms with Gasteiger partial charge in [0.25, 0.3) is 0 Å². The molecule has 0 radical (unpaired) electrons. The molecule has 8 heteroatoms. The summed E-state index contributed by atoms with van der Waals surface area (Å²) in [5, 5.41) is 16.4. The predicted octanol–water partition coefficient (Wildman–Crippen LogP) is 4.61. The number of rotatable bonds is 9. The summed E-state index contributed by atoms with van der Waals surface area (Å²) in [6, 6.07) is 2.99. The third-order valence-corrected chi connectivity index (χ3v) is 4.93. The van der Waals surface area contributed by atoms with Gasteiger partial charge >= 0.3 is 6.09 Å². The second-order valence-electron chi connectivity index (χ2n) is 11.3. The average molecular weight is 490 g/mol. The summed E-state index contributed by atoms with van der Waals surface area (Å²) < 4.78 is 5.37. The first-order chi connectivity index (χ1) is 16.0. The molecule has 8 nitrogen and oxygen atoms in total. The number of nitrogens with zero attached hydrogens (tertiary/aromatic N) is 1. The van der Waals surface area contributed by atoms with Crippen molar-refractivity contribution in [3.63, 3.8) is 0 Å². The van der Waals surface area contributed by atoms with Crippen molar-refractivity contribution in [1.29, 1.82) is 0 Å². The van der Waals surface area contributed by atoms with E-state index in [1.807, 2.05) is 34.6 Å². The summed E-state index contributed by atoms with van der Waals surface area (Å²) in [4.78, 5) is 41.3. The zero-order valence-electron chi connectivity index (χ0n) is 22.7. The topological polar surface area (TPSA) is 108 Å². The minimum atomic E-state index is -1.14. The molecule has 1 aromatic carbocycles. The zero-order chi connectivity index (χ0) is 27.1. The lowest BCUT2D eigenvalue weighted by atomic mass is 9.96. The number of carbonyl (C=O) groups is 3. The van der Waals surface area contributed by atoms with Crippen molar-refractivity contribution in [2.45, 2.75) is 92.0 Å². The average Bonchev–Trinajstić information content (AvgIpc) is 2.66. The maximum absolute atomic E-state index is 13.9. The molecule has 1 rings (SSSR count). The number of nitrogens with one attached hydrogen (secondary N) is 2. The van der Waals surface area contributed by atoms with Crippen molar-refractivity contribution in [2.75, 3.05) is 6.54 Å². The number of ether oxygens (including phenoxy) is 1. The molecule has 0 aliphatic heterocycles. The molecular formula is C27H43N3O5. The minimum absolute atomic E-state index is 0.0268. The van der Waals surface area contributed by atoms with Gasteiger partial charge in [-0.2, -0.15) is 0 Å². The molecule has 0 bridgehead atoms. The summed E-state index contributed by atoms with van der Waals surface area (Å²) in [7, 11) is 0. The normalized spacial score (nSPS) is 13.5. The number of para-hydroxylation sites is 1. The number of hydrogen-bond acceptors (Lipinski definition) is 5. The molecular weight excluding hydrogens is 446 g/mol. The molecule has 2 atom stereocenters. The van der Waals surface area contributed by atoms with Crippen LogP contribution in [0.15, 0.2) is 30.9 Å². The third-order valence-electron chi connectivity index (χ3n) is 4.93. The van der Waals surface area contributed by atoms with E-state index in [0.717, 1.165) is 0 Å². The van der Waals surface area contributed by atoms with Crippen LogP contribution in [0.3, 0.4) is 0 Å². The molecule has 3 N–H and O–H groups in total. The van der Waals surface area contributed by atoms with Gasteiger partial charge in [0.15, 0.2) is 0 Å². The number of phenolic OH excluding ortho intramolecular Hbond substituents is 1. The number of phenols is 1. The SMILES string of the molecule is C=CCN(C(=O)C(CC(C)C)NC(=O)OC(C)(C)C)C(C(=O)NC(C)(C)C)c1cccc(C)c1O. The van der Waals surface area contributed by atoms with Crippen LogP contribution in [0.1, 0.15) is 79.0 Å². The second kappa shape index (κ2) is 12.1. The van der Waals surface area contributed by atoms with Crippen LogP contribution in [0.25, 0.3) is 0 Å². The highest BCUT2D eigenvalue weighted by Gasteiger charge is 2.38. The molecule has 0 aliphatic carbocycles. The Hall–Kier alpha value is -3.03. The Kier molecular flexibility index (Phi) is 10.4. The fraction of sp³-hybridized carbons (Fsp3) is 0.593. The highest BCUT2D eigenvalue weighted by Crippen LogP contribution is 2.33. The molecule has 0 saturated heterocycles. The molecule has 2 unspecified atom stereocenters. The van der Waals surface area contributed by atoms with Gasteiger partial charge in [0, 0.05) is 17.6 Å². The molecule has 3 amide bonds. The predicted molar refractivity (Wildman–Crippen MR) is 138 cm³/mol. The summed E-state index contributed by atoms with van der Waals surface area (Å²) in [6.45, 7) is 20.1. The lowest BCUT2D eigenvalue weighted by molar-refractivity contribution is -0.142. The largest absolute Gasteiger partial charge is 0.507 e.